The third-order valence-electron chi connectivity index (χ3n) is 8.47. The van der Waals surface area contributed by atoms with Gasteiger partial charge in [0.05, 0.1) is 11.0 Å². The monoisotopic (exact) mass is 370 g/mol. The number of nitrogens with zero attached hydrogens (tertiary/aromatic N) is 1. The third-order valence-corrected chi connectivity index (χ3v) is 8.47. The lowest BCUT2D eigenvalue weighted by atomic mass is 9.47. The molecular formula is C22H30N2O3. The lowest BCUT2D eigenvalue weighted by Gasteiger charge is -2.65. The van der Waals surface area contributed by atoms with Gasteiger partial charge in [-0.2, -0.15) is 0 Å². The van der Waals surface area contributed by atoms with Crippen LogP contribution in [0.2, 0.25) is 0 Å². The Morgan fingerprint density at radius 1 is 1.33 bits per heavy atom. The van der Waals surface area contributed by atoms with Gasteiger partial charge < -0.3 is 20.3 Å². The van der Waals surface area contributed by atoms with Gasteiger partial charge in [-0.15, -0.1) is 0 Å². The van der Waals surface area contributed by atoms with E-state index in [1.807, 2.05) is 7.05 Å². The lowest BCUT2D eigenvalue weighted by Crippen LogP contribution is -2.79. The van der Waals surface area contributed by atoms with Crippen molar-refractivity contribution in [2.45, 2.75) is 68.2 Å². The zero-order chi connectivity index (χ0) is 18.6. The summed E-state index contributed by atoms with van der Waals surface area (Å²) < 4.78 is 6.49. The van der Waals surface area contributed by atoms with Crippen molar-refractivity contribution in [3.8, 4) is 11.5 Å². The average molecular weight is 370 g/mol. The molecule has 1 spiro atoms. The molecule has 5 aliphatic rings. The van der Waals surface area contributed by atoms with Crippen LogP contribution in [0.1, 0.15) is 43.7 Å². The van der Waals surface area contributed by atoms with E-state index in [1.165, 1.54) is 18.4 Å². The lowest BCUT2D eigenvalue weighted by molar-refractivity contribution is -0.202. The van der Waals surface area contributed by atoms with Gasteiger partial charge in [-0.05, 0) is 69.2 Å². The van der Waals surface area contributed by atoms with Gasteiger partial charge in [-0.1, -0.05) is 13.0 Å². The molecule has 3 N–H and O–H groups in total. The summed E-state index contributed by atoms with van der Waals surface area (Å²) in [5.41, 5.74) is 1.19. The predicted octanol–water partition coefficient (Wildman–Crippen LogP) is 1.79. The number of benzene rings is 1. The molecule has 0 amide bonds. The van der Waals surface area contributed by atoms with E-state index in [9.17, 15) is 10.2 Å². The Bertz CT molecular complexity index is 809. The summed E-state index contributed by atoms with van der Waals surface area (Å²) in [5.74, 6) is 2.00. The molecule has 6 rings (SSSR count). The van der Waals surface area contributed by atoms with Crippen molar-refractivity contribution >= 4 is 0 Å². The summed E-state index contributed by atoms with van der Waals surface area (Å²) in [5, 5.41) is 26.4. The second-order valence-electron chi connectivity index (χ2n) is 9.79. The summed E-state index contributed by atoms with van der Waals surface area (Å²) in [6, 6.07) is 4.19. The van der Waals surface area contributed by atoms with Crippen molar-refractivity contribution in [3.63, 3.8) is 0 Å². The van der Waals surface area contributed by atoms with Crippen LogP contribution in [0.4, 0.5) is 0 Å². The summed E-state index contributed by atoms with van der Waals surface area (Å²) in [4.78, 5) is 2.58. The second-order valence-corrected chi connectivity index (χ2v) is 9.79. The molecule has 5 nitrogen and oxygen atoms in total. The Morgan fingerprint density at radius 3 is 2.89 bits per heavy atom. The number of ether oxygens (including phenoxy) is 1. The number of phenolic OH excluding ortho intramolecular Hbond substituents is 1. The predicted molar refractivity (Wildman–Crippen MR) is 102 cm³/mol. The van der Waals surface area contributed by atoms with Crippen LogP contribution < -0.4 is 10.1 Å². The fourth-order valence-electron chi connectivity index (χ4n) is 7.19. The van der Waals surface area contributed by atoms with E-state index in [2.05, 4.69) is 23.2 Å². The molecule has 3 fully saturated rings. The standard InChI is InChI=1S/C22H30N2O3/c1-12-10-22(26)16-9-14-5-6-15(25)19-17(14)21(22,20(27-19)18(12)23-2)7-8-24(16)11-13-3-4-13/h5-6,12-13,16,18,20,23,25-26H,3-4,7-11H2,1-2H3/t12-,16-,18-,20+,21+,22-/m1/s1. The van der Waals surface area contributed by atoms with Crippen molar-refractivity contribution in [2.24, 2.45) is 11.8 Å². The highest BCUT2D eigenvalue weighted by Crippen LogP contribution is 2.66. The molecule has 6 atom stereocenters. The molecule has 0 aromatic heterocycles. The first-order chi connectivity index (χ1) is 13.0. The van der Waals surface area contributed by atoms with Crippen molar-refractivity contribution in [3.05, 3.63) is 23.3 Å². The molecule has 0 radical (unpaired) electrons. The summed E-state index contributed by atoms with van der Waals surface area (Å²) in [7, 11) is 2.00. The molecular weight excluding hydrogens is 340 g/mol. The molecule has 146 valence electrons. The van der Waals surface area contributed by atoms with Crippen LogP contribution in [-0.4, -0.2) is 59.0 Å². The maximum atomic E-state index is 12.4. The van der Waals surface area contributed by atoms with Gasteiger partial charge >= 0.3 is 0 Å². The summed E-state index contributed by atoms with van der Waals surface area (Å²) in [6.07, 6.45) is 5.12. The molecule has 27 heavy (non-hydrogen) atoms. The minimum atomic E-state index is -0.788. The normalized spacial score (nSPS) is 44.7. The Labute approximate surface area is 160 Å². The summed E-state index contributed by atoms with van der Waals surface area (Å²) in [6.45, 7) is 4.37. The molecule has 3 aliphatic carbocycles. The maximum Gasteiger partial charge on any atom is 0.165 e. The second kappa shape index (κ2) is 5.19. The fourth-order valence-corrected chi connectivity index (χ4v) is 7.19. The molecule has 2 heterocycles. The van der Waals surface area contributed by atoms with Gasteiger partial charge in [0.15, 0.2) is 11.5 Å². The molecule has 0 unspecified atom stereocenters. The number of aromatic hydroxyl groups is 1. The van der Waals surface area contributed by atoms with Crippen LogP contribution in [0.15, 0.2) is 12.1 Å². The quantitative estimate of drug-likeness (QED) is 0.757. The van der Waals surface area contributed by atoms with Gasteiger partial charge in [-0.3, -0.25) is 4.90 Å². The number of piperidine rings is 1. The number of phenols is 1. The van der Waals surface area contributed by atoms with Gasteiger partial charge in [0.1, 0.15) is 6.10 Å². The number of nitrogens with one attached hydrogen (secondary N) is 1. The number of hydrogen-bond donors (Lipinski definition) is 3. The first-order valence-corrected chi connectivity index (χ1v) is 10.7. The molecule has 1 aromatic rings. The number of likely N-dealkylation sites (N-methyl/N-ethyl adjacent to an activating group) is 1. The van der Waals surface area contributed by atoms with Crippen LogP contribution >= 0.6 is 0 Å². The van der Waals surface area contributed by atoms with Crippen molar-refractivity contribution in [1.29, 1.82) is 0 Å². The van der Waals surface area contributed by atoms with Crippen LogP contribution in [0.5, 0.6) is 11.5 Å². The van der Waals surface area contributed by atoms with Crippen LogP contribution in [-0.2, 0) is 11.8 Å². The minimum Gasteiger partial charge on any atom is -0.504 e. The Kier molecular flexibility index (Phi) is 3.20. The minimum absolute atomic E-state index is 0.121. The highest BCUT2D eigenvalue weighted by atomic mass is 16.5. The van der Waals surface area contributed by atoms with Gasteiger partial charge in [-0.25, -0.2) is 0 Å². The molecule has 1 saturated heterocycles. The SMILES string of the molecule is CN[C@@H]1[C@H](C)C[C@@]2(O)[C@H]3Cc4ccc(O)c5c4[C@@]2(CCN3CC2CC2)[C@H]1O5. The van der Waals surface area contributed by atoms with E-state index in [4.69, 9.17) is 4.74 Å². The average Bonchev–Trinajstić information content (AvgIpc) is 3.37. The van der Waals surface area contributed by atoms with E-state index in [0.717, 1.165) is 43.8 Å². The fraction of sp³-hybridized carbons (Fsp3) is 0.727. The zero-order valence-electron chi connectivity index (χ0n) is 16.2. The van der Waals surface area contributed by atoms with Gasteiger partial charge in [0.25, 0.3) is 0 Å². The Hall–Kier alpha value is -1.30. The molecule has 2 aliphatic heterocycles. The smallest absolute Gasteiger partial charge is 0.165 e. The molecule has 2 bridgehead atoms. The van der Waals surface area contributed by atoms with Crippen LogP contribution in [0.3, 0.4) is 0 Å². The van der Waals surface area contributed by atoms with E-state index in [-0.39, 0.29) is 23.9 Å². The van der Waals surface area contributed by atoms with Crippen LogP contribution in [0.25, 0.3) is 0 Å². The first kappa shape index (κ1) is 16.6. The van der Waals surface area contributed by atoms with E-state index in [0.29, 0.717) is 11.7 Å². The number of likely N-dealkylation sites (tertiary alicyclic amines) is 1. The van der Waals surface area contributed by atoms with Crippen molar-refractivity contribution < 1.29 is 14.9 Å². The van der Waals surface area contributed by atoms with E-state index in [1.54, 1.807) is 6.07 Å². The molecule has 2 saturated carbocycles. The highest BCUT2D eigenvalue weighted by Gasteiger charge is 2.73. The van der Waals surface area contributed by atoms with Gasteiger partial charge in [0.2, 0.25) is 0 Å². The Balaban J connectivity index is 1.57. The topological polar surface area (TPSA) is 65.0 Å². The van der Waals surface area contributed by atoms with Gasteiger partial charge in [0, 0.05) is 24.2 Å². The zero-order valence-corrected chi connectivity index (χ0v) is 16.2. The molecule has 5 heteroatoms. The van der Waals surface area contributed by atoms with Crippen molar-refractivity contribution in [2.75, 3.05) is 20.1 Å². The largest absolute Gasteiger partial charge is 0.504 e. The Morgan fingerprint density at radius 2 is 2.15 bits per heavy atom. The maximum absolute atomic E-state index is 12.4. The van der Waals surface area contributed by atoms with E-state index < -0.39 is 11.0 Å². The number of aliphatic hydroxyl groups is 1. The molecule has 1 aromatic carbocycles. The van der Waals surface area contributed by atoms with Crippen LogP contribution in [0, 0.1) is 11.8 Å². The number of rotatable bonds is 3. The summed E-state index contributed by atoms with van der Waals surface area (Å²) >= 11 is 0. The highest BCUT2D eigenvalue weighted by molar-refractivity contribution is 5.62. The number of hydrogen-bond acceptors (Lipinski definition) is 5. The van der Waals surface area contributed by atoms with Crippen molar-refractivity contribution in [1.82, 2.24) is 10.2 Å². The third kappa shape index (κ3) is 1.86. The first-order valence-electron chi connectivity index (χ1n) is 10.7. The van der Waals surface area contributed by atoms with E-state index >= 15 is 0 Å².